The van der Waals surface area contributed by atoms with Crippen LogP contribution in [0.4, 0.5) is 0 Å². The lowest BCUT2D eigenvalue weighted by Gasteiger charge is -2.18. The molecule has 0 radical (unpaired) electrons. The number of quaternary nitrogens is 1. The first-order valence-corrected chi connectivity index (χ1v) is 5.01. The van der Waals surface area contributed by atoms with Gasteiger partial charge in [-0.25, -0.2) is 0 Å². The average molecular weight is 228 g/mol. The van der Waals surface area contributed by atoms with E-state index >= 15 is 0 Å². The van der Waals surface area contributed by atoms with E-state index in [-0.39, 0.29) is 32.2 Å². The Labute approximate surface area is 92.0 Å². The smallest absolute Gasteiger partial charge is 0.0793 e. The van der Waals surface area contributed by atoms with Gasteiger partial charge < -0.3 is 32.6 Å². The zero-order chi connectivity index (χ0) is 9.94. The first kappa shape index (κ1) is 16.6. The number of hydrogen-bond donors (Lipinski definition) is 4. The van der Waals surface area contributed by atoms with Crippen molar-refractivity contribution in [3.05, 3.63) is 0 Å². The predicted molar refractivity (Wildman–Crippen MR) is 50.7 cm³/mol. The first-order valence-electron chi connectivity index (χ1n) is 5.01. The predicted octanol–water partition coefficient (Wildman–Crippen LogP) is -4.98. The molecule has 14 heavy (non-hydrogen) atoms. The second-order valence-corrected chi connectivity index (χ2v) is 3.23. The second kappa shape index (κ2) is 13.1. The summed E-state index contributed by atoms with van der Waals surface area (Å²) in [6.45, 7) is 3.45. The van der Waals surface area contributed by atoms with Crippen molar-refractivity contribution >= 4 is 0 Å². The zero-order valence-corrected chi connectivity index (χ0v) is 9.34. The molecule has 0 bridgehead atoms. The Kier molecular flexibility index (Phi) is 15.5. The molecule has 0 unspecified atom stereocenters. The molecule has 0 atom stereocenters. The molecule has 0 aromatic heterocycles. The van der Waals surface area contributed by atoms with Crippen molar-refractivity contribution in [3.8, 4) is 0 Å². The summed E-state index contributed by atoms with van der Waals surface area (Å²) in [5.74, 6) is 0. The van der Waals surface area contributed by atoms with Crippen LogP contribution in [0.3, 0.4) is 0 Å². The SMILES string of the molecule is OCCC[NH+](CCCO)CCCO.[Cl-]. The van der Waals surface area contributed by atoms with Crippen LogP contribution in [0, 0.1) is 0 Å². The van der Waals surface area contributed by atoms with Crippen molar-refractivity contribution in [2.75, 3.05) is 39.5 Å². The zero-order valence-electron chi connectivity index (χ0n) is 8.58. The minimum Gasteiger partial charge on any atom is -1.00 e. The molecule has 0 aliphatic heterocycles. The Balaban J connectivity index is 0. The summed E-state index contributed by atoms with van der Waals surface area (Å²) in [6, 6.07) is 0. The third kappa shape index (κ3) is 10.2. The molecule has 0 aromatic rings. The highest BCUT2D eigenvalue weighted by molar-refractivity contribution is 4.36. The molecular formula is C9H22ClNO3. The average Bonchev–Trinajstić information content (AvgIpc) is 2.17. The van der Waals surface area contributed by atoms with E-state index in [0.717, 1.165) is 38.9 Å². The number of nitrogens with one attached hydrogen (secondary N) is 1. The van der Waals surface area contributed by atoms with Gasteiger partial charge in [-0.3, -0.25) is 0 Å². The molecule has 0 amide bonds. The normalized spacial score (nSPS) is 10.3. The van der Waals surface area contributed by atoms with Crippen LogP contribution in [-0.4, -0.2) is 54.8 Å². The molecule has 0 heterocycles. The van der Waals surface area contributed by atoms with Gasteiger partial charge in [0.05, 0.1) is 19.6 Å². The largest absolute Gasteiger partial charge is 1.00 e. The number of aliphatic hydroxyl groups excluding tert-OH is 3. The molecular weight excluding hydrogens is 206 g/mol. The van der Waals surface area contributed by atoms with Crippen molar-refractivity contribution < 1.29 is 32.6 Å². The maximum absolute atomic E-state index is 8.65. The summed E-state index contributed by atoms with van der Waals surface area (Å²) in [5, 5.41) is 26.0. The monoisotopic (exact) mass is 227 g/mol. The Morgan fingerprint density at radius 1 is 0.643 bits per heavy atom. The van der Waals surface area contributed by atoms with Crippen LogP contribution in [0.5, 0.6) is 0 Å². The van der Waals surface area contributed by atoms with E-state index in [1.807, 2.05) is 0 Å². The van der Waals surface area contributed by atoms with Gasteiger partial charge in [0.25, 0.3) is 0 Å². The Morgan fingerprint density at radius 2 is 0.929 bits per heavy atom. The standard InChI is InChI=1S/C9H21NO3.ClH/c11-7-1-4-10(5-2-8-12)6-3-9-13;/h11-13H,1-9H2;1H. The van der Waals surface area contributed by atoms with Crippen LogP contribution in [0.15, 0.2) is 0 Å². The van der Waals surface area contributed by atoms with E-state index in [0.29, 0.717) is 0 Å². The van der Waals surface area contributed by atoms with Crippen LogP contribution in [0.25, 0.3) is 0 Å². The number of halogens is 1. The highest BCUT2D eigenvalue weighted by Crippen LogP contribution is 1.74. The van der Waals surface area contributed by atoms with Crippen molar-refractivity contribution in [1.29, 1.82) is 0 Å². The Hall–Kier alpha value is 0.130. The topological polar surface area (TPSA) is 65.1 Å². The third-order valence-corrected chi connectivity index (χ3v) is 2.07. The summed E-state index contributed by atoms with van der Waals surface area (Å²) in [7, 11) is 0. The molecule has 0 fully saturated rings. The maximum atomic E-state index is 8.65. The fourth-order valence-electron chi connectivity index (χ4n) is 1.36. The van der Waals surface area contributed by atoms with Gasteiger partial charge in [-0.1, -0.05) is 0 Å². The molecule has 0 saturated carbocycles. The first-order chi connectivity index (χ1) is 6.35. The van der Waals surface area contributed by atoms with Crippen LogP contribution < -0.4 is 17.3 Å². The molecule has 4 N–H and O–H groups in total. The van der Waals surface area contributed by atoms with Crippen LogP contribution in [0.1, 0.15) is 19.3 Å². The van der Waals surface area contributed by atoms with Gasteiger partial charge in [-0.2, -0.15) is 0 Å². The van der Waals surface area contributed by atoms with Crippen molar-refractivity contribution in [1.82, 2.24) is 0 Å². The fourth-order valence-corrected chi connectivity index (χ4v) is 1.36. The molecule has 4 nitrogen and oxygen atoms in total. The van der Waals surface area contributed by atoms with E-state index in [2.05, 4.69) is 0 Å². The molecule has 0 aliphatic carbocycles. The fraction of sp³-hybridized carbons (Fsp3) is 1.00. The van der Waals surface area contributed by atoms with Gasteiger partial charge in [0.1, 0.15) is 0 Å². The molecule has 0 aromatic carbocycles. The van der Waals surface area contributed by atoms with E-state index in [1.54, 1.807) is 0 Å². The van der Waals surface area contributed by atoms with Gasteiger partial charge in [-0.05, 0) is 0 Å². The molecule has 0 spiro atoms. The lowest BCUT2D eigenvalue weighted by Crippen LogP contribution is -3.12. The second-order valence-electron chi connectivity index (χ2n) is 3.23. The van der Waals surface area contributed by atoms with E-state index in [4.69, 9.17) is 15.3 Å². The van der Waals surface area contributed by atoms with Gasteiger partial charge in [0.2, 0.25) is 0 Å². The van der Waals surface area contributed by atoms with E-state index in [9.17, 15) is 0 Å². The summed E-state index contributed by atoms with van der Waals surface area (Å²) < 4.78 is 0. The van der Waals surface area contributed by atoms with Gasteiger partial charge >= 0.3 is 0 Å². The summed E-state index contributed by atoms with van der Waals surface area (Å²) in [6.07, 6.45) is 2.39. The van der Waals surface area contributed by atoms with Crippen LogP contribution in [-0.2, 0) is 0 Å². The van der Waals surface area contributed by atoms with Crippen molar-refractivity contribution in [3.63, 3.8) is 0 Å². The summed E-state index contributed by atoms with van der Waals surface area (Å²) >= 11 is 0. The molecule has 0 aliphatic rings. The van der Waals surface area contributed by atoms with E-state index in [1.165, 1.54) is 4.90 Å². The van der Waals surface area contributed by atoms with E-state index < -0.39 is 0 Å². The highest BCUT2D eigenvalue weighted by atomic mass is 35.5. The number of hydrogen-bond acceptors (Lipinski definition) is 3. The highest BCUT2D eigenvalue weighted by Gasteiger charge is 2.06. The Bertz CT molecular complexity index is 87.0. The molecule has 88 valence electrons. The number of aliphatic hydroxyl groups is 3. The lowest BCUT2D eigenvalue weighted by molar-refractivity contribution is -0.900. The lowest BCUT2D eigenvalue weighted by atomic mass is 10.3. The van der Waals surface area contributed by atoms with Gasteiger partial charge in [0, 0.05) is 39.1 Å². The number of rotatable bonds is 9. The van der Waals surface area contributed by atoms with Crippen molar-refractivity contribution in [2.24, 2.45) is 0 Å². The summed E-state index contributed by atoms with van der Waals surface area (Å²) in [5.41, 5.74) is 0. The summed E-state index contributed by atoms with van der Waals surface area (Å²) in [4.78, 5) is 1.36. The third-order valence-electron chi connectivity index (χ3n) is 2.07. The molecule has 0 rings (SSSR count). The Morgan fingerprint density at radius 3 is 1.14 bits per heavy atom. The van der Waals surface area contributed by atoms with Crippen LogP contribution in [0.2, 0.25) is 0 Å². The molecule has 0 saturated heterocycles. The minimum absolute atomic E-state index is 0. The minimum atomic E-state index is 0. The van der Waals surface area contributed by atoms with Gasteiger partial charge in [0.15, 0.2) is 0 Å². The van der Waals surface area contributed by atoms with Crippen molar-refractivity contribution in [2.45, 2.75) is 19.3 Å². The van der Waals surface area contributed by atoms with Gasteiger partial charge in [-0.15, -0.1) is 0 Å². The molecule has 5 heteroatoms. The quantitative estimate of drug-likeness (QED) is 0.319. The van der Waals surface area contributed by atoms with Crippen LogP contribution >= 0.6 is 0 Å². The maximum Gasteiger partial charge on any atom is 0.0793 e.